The molecule has 0 amide bonds. The third kappa shape index (κ3) is 4.13. The van der Waals surface area contributed by atoms with Gasteiger partial charge >= 0.3 is 0 Å². The number of nitrogens with one attached hydrogen (secondary N) is 1. The van der Waals surface area contributed by atoms with Crippen molar-refractivity contribution < 1.29 is 0 Å². The molecule has 19 heavy (non-hydrogen) atoms. The fraction of sp³-hybridized carbons (Fsp3) is 0.625. The standard InChI is InChI=1S/C16H27N3/c1-13-7-8-16(15(17)12-13)18-9-5-11-19-10-4-3-6-14(19)2/h7-8,12,14,18H,3-6,9-11,17H2,1-2H3. The molecule has 0 bridgehead atoms. The number of anilines is 2. The molecule has 3 heteroatoms. The number of hydrogen-bond acceptors (Lipinski definition) is 3. The van der Waals surface area contributed by atoms with Crippen LogP contribution in [0.2, 0.25) is 0 Å². The maximum absolute atomic E-state index is 6.00. The minimum absolute atomic E-state index is 0.762. The van der Waals surface area contributed by atoms with Crippen LogP contribution in [0.5, 0.6) is 0 Å². The number of nitrogens with zero attached hydrogens (tertiary/aromatic N) is 1. The van der Waals surface area contributed by atoms with Crippen LogP contribution < -0.4 is 11.1 Å². The van der Waals surface area contributed by atoms with E-state index < -0.39 is 0 Å². The van der Waals surface area contributed by atoms with E-state index in [9.17, 15) is 0 Å². The molecule has 1 aliphatic heterocycles. The lowest BCUT2D eigenvalue weighted by molar-refractivity contribution is 0.160. The molecule has 1 fully saturated rings. The highest BCUT2D eigenvalue weighted by molar-refractivity contribution is 5.66. The predicted molar refractivity (Wildman–Crippen MR) is 83.6 cm³/mol. The lowest BCUT2D eigenvalue weighted by Gasteiger charge is -2.33. The second kappa shape index (κ2) is 6.80. The van der Waals surface area contributed by atoms with Crippen LogP contribution in [-0.4, -0.2) is 30.6 Å². The summed E-state index contributed by atoms with van der Waals surface area (Å²) in [5.74, 6) is 0. The summed E-state index contributed by atoms with van der Waals surface area (Å²) in [5, 5.41) is 3.44. The molecule has 1 aromatic rings. The Morgan fingerprint density at radius 3 is 2.95 bits per heavy atom. The van der Waals surface area contributed by atoms with Crippen LogP contribution in [0.1, 0.15) is 38.2 Å². The molecule has 0 radical (unpaired) electrons. The van der Waals surface area contributed by atoms with E-state index in [1.54, 1.807) is 0 Å². The number of aryl methyl sites for hydroxylation is 1. The van der Waals surface area contributed by atoms with Crippen LogP contribution in [0.3, 0.4) is 0 Å². The molecule has 0 aromatic heterocycles. The highest BCUT2D eigenvalue weighted by Crippen LogP contribution is 2.20. The maximum Gasteiger partial charge on any atom is 0.0574 e. The van der Waals surface area contributed by atoms with Gasteiger partial charge in [-0.25, -0.2) is 0 Å². The third-order valence-corrected chi connectivity index (χ3v) is 4.09. The van der Waals surface area contributed by atoms with Gasteiger partial charge in [0, 0.05) is 19.1 Å². The Morgan fingerprint density at radius 1 is 1.37 bits per heavy atom. The van der Waals surface area contributed by atoms with Gasteiger partial charge in [-0.3, -0.25) is 0 Å². The van der Waals surface area contributed by atoms with Gasteiger partial charge in [-0.1, -0.05) is 12.5 Å². The lowest BCUT2D eigenvalue weighted by atomic mass is 10.0. The minimum atomic E-state index is 0.762. The van der Waals surface area contributed by atoms with E-state index in [0.717, 1.165) is 24.0 Å². The Labute approximate surface area is 117 Å². The van der Waals surface area contributed by atoms with Gasteiger partial charge in [-0.05, 0) is 57.4 Å². The first-order chi connectivity index (χ1) is 9.16. The molecule has 3 nitrogen and oxygen atoms in total. The number of benzene rings is 1. The normalized spacial score (nSPS) is 20.4. The summed E-state index contributed by atoms with van der Waals surface area (Å²) in [5.41, 5.74) is 9.13. The average Bonchev–Trinajstić information content (AvgIpc) is 2.38. The first-order valence-electron chi connectivity index (χ1n) is 7.51. The molecule has 1 saturated heterocycles. The van der Waals surface area contributed by atoms with Gasteiger partial charge in [-0.15, -0.1) is 0 Å². The maximum atomic E-state index is 6.00. The van der Waals surface area contributed by atoms with E-state index in [-0.39, 0.29) is 0 Å². The number of nitrogen functional groups attached to an aromatic ring is 1. The molecule has 1 aromatic carbocycles. The lowest BCUT2D eigenvalue weighted by Crippen LogP contribution is -2.38. The van der Waals surface area contributed by atoms with Gasteiger partial charge in [0.25, 0.3) is 0 Å². The largest absolute Gasteiger partial charge is 0.397 e. The zero-order valence-electron chi connectivity index (χ0n) is 12.3. The molecule has 3 N–H and O–H groups in total. The van der Waals surface area contributed by atoms with Gasteiger partial charge in [0.05, 0.1) is 11.4 Å². The summed E-state index contributed by atoms with van der Waals surface area (Å²) >= 11 is 0. The number of nitrogens with two attached hydrogens (primary N) is 1. The van der Waals surface area contributed by atoms with Crippen molar-refractivity contribution in [2.45, 2.75) is 45.6 Å². The van der Waals surface area contributed by atoms with Crippen molar-refractivity contribution in [2.24, 2.45) is 0 Å². The van der Waals surface area contributed by atoms with Crippen molar-refractivity contribution in [1.82, 2.24) is 4.90 Å². The quantitative estimate of drug-likeness (QED) is 0.631. The van der Waals surface area contributed by atoms with E-state index in [2.05, 4.69) is 36.2 Å². The molecule has 1 aliphatic rings. The molecular formula is C16H27N3. The molecule has 1 heterocycles. The summed E-state index contributed by atoms with van der Waals surface area (Å²) in [6.45, 7) is 7.88. The predicted octanol–water partition coefficient (Wildman–Crippen LogP) is 3.25. The first kappa shape index (κ1) is 14.2. The summed E-state index contributed by atoms with van der Waals surface area (Å²) in [6, 6.07) is 6.97. The molecule has 1 atom stereocenters. The molecule has 0 spiro atoms. The van der Waals surface area contributed by atoms with Gasteiger partial charge in [0.15, 0.2) is 0 Å². The molecule has 2 rings (SSSR count). The Hall–Kier alpha value is -1.22. The van der Waals surface area contributed by atoms with E-state index in [4.69, 9.17) is 5.73 Å². The summed E-state index contributed by atoms with van der Waals surface area (Å²) in [6.07, 6.45) is 5.30. The number of likely N-dealkylation sites (tertiary alicyclic amines) is 1. The number of hydrogen-bond donors (Lipinski definition) is 2. The van der Waals surface area contributed by atoms with E-state index >= 15 is 0 Å². The molecule has 106 valence electrons. The molecular weight excluding hydrogens is 234 g/mol. The van der Waals surface area contributed by atoms with Crippen molar-refractivity contribution in [2.75, 3.05) is 30.7 Å². The van der Waals surface area contributed by atoms with Crippen LogP contribution >= 0.6 is 0 Å². The first-order valence-corrected chi connectivity index (χ1v) is 7.51. The molecule has 0 aliphatic carbocycles. The third-order valence-electron chi connectivity index (χ3n) is 4.09. The highest BCUT2D eigenvalue weighted by atomic mass is 15.2. The van der Waals surface area contributed by atoms with Crippen molar-refractivity contribution in [1.29, 1.82) is 0 Å². The smallest absolute Gasteiger partial charge is 0.0574 e. The summed E-state index contributed by atoms with van der Waals surface area (Å²) in [7, 11) is 0. The van der Waals surface area contributed by atoms with E-state index in [1.165, 1.54) is 44.3 Å². The van der Waals surface area contributed by atoms with Gasteiger partial charge in [-0.2, -0.15) is 0 Å². The van der Waals surface area contributed by atoms with Crippen LogP contribution in [-0.2, 0) is 0 Å². The molecule has 0 saturated carbocycles. The summed E-state index contributed by atoms with van der Waals surface area (Å²) in [4.78, 5) is 2.61. The average molecular weight is 261 g/mol. The Bertz CT molecular complexity index is 403. The fourth-order valence-electron chi connectivity index (χ4n) is 2.84. The van der Waals surface area contributed by atoms with Crippen molar-refractivity contribution >= 4 is 11.4 Å². The number of rotatable bonds is 5. The van der Waals surface area contributed by atoms with Crippen molar-refractivity contribution in [3.05, 3.63) is 23.8 Å². The monoisotopic (exact) mass is 261 g/mol. The highest BCUT2D eigenvalue weighted by Gasteiger charge is 2.16. The van der Waals surface area contributed by atoms with Crippen molar-refractivity contribution in [3.63, 3.8) is 0 Å². The van der Waals surface area contributed by atoms with E-state index in [0.29, 0.717) is 0 Å². The SMILES string of the molecule is Cc1ccc(NCCCN2CCCCC2C)c(N)c1. The van der Waals surface area contributed by atoms with Gasteiger partial charge in [0.1, 0.15) is 0 Å². The fourth-order valence-corrected chi connectivity index (χ4v) is 2.84. The number of piperidine rings is 1. The van der Waals surface area contributed by atoms with Crippen LogP contribution in [0.25, 0.3) is 0 Å². The zero-order valence-corrected chi connectivity index (χ0v) is 12.3. The van der Waals surface area contributed by atoms with Gasteiger partial charge in [0.2, 0.25) is 0 Å². The Balaban J connectivity index is 1.71. The molecule has 1 unspecified atom stereocenters. The van der Waals surface area contributed by atoms with Crippen molar-refractivity contribution in [3.8, 4) is 0 Å². The van der Waals surface area contributed by atoms with E-state index in [1.807, 2.05) is 6.07 Å². The minimum Gasteiger partial charge on any atom is -0.397 e. The van der Waals surface area contributed by atoms with Crippen LogP contribution in [0.15, 0.2) is 18.2 Å². The van der Waals surface area contributed by atoms with Crippen LogP contribution in [0, 0.1) is 6.92 Å². The summed E-state index contributed by atoms with van der Waals surface area (Å²) < 4.78 is 0. The van der Waals surface area contributed by atoms with Crippen LogP contribution in [0.4, 0.5) is 11.4 Å². The topological polar surface area (TPSA) is 41.3 Å². The Kier molecular flexibility index (Phi) is 5.08. The second-order valence-corrected chi connectivity index (χ2v) is 5.75. The Morgan fingerprint density at radius 2 is 2.21 bits per heavy atom. The zero-order chi connectivity index (χ0) is 13.7. The van der Waals surface area contributed by atoms with Gasteiger partial charge < -0.3 is 16.0 Å². The second-order valence-electron chi connectivity index (χ2n) is 5.75.